The summed E-state index contributed by atoms with van der Waals surface area (Å²) in [6.45, 7) is 18.7. The van der Waals surface area contributed by atoms with Gasteiger partial charge < -0.3 is 9.84 Å². The maximum atomic E-state index is 12.5. The second-order valence-corrected chi connectivity index (χ2v) is 10.4. The Balaban J connectivity index is 1.99. The molecule has 2 aromatic rings. The molecule has 7 heteroatoms. The highest BCUT2D eigenvalue weighted by atomic mass is 16.5. The predicted octanol–water partition coefficient (Wildman–Crippen LogP) is 4.58. The first kappa shape index (κ1) is 22.1. The number of aromatic nitrogens is 4. The zero-order valence-corrected chi connectivity index (χ0v) is 18.8. The SMILES string of the molecule is CC(C)(C)c1cc(NC(=O)CCCc2nc(C(C)(C)C)no2)n(C(C)(C)C)n1. The van der Waals surface area contributed by atoms with Gasteiger partial charge in [0.05, 0.1) is 11.2 Å². The van der Waals surface area contributed by atoms with Crippen LogP contribution in [0, 0.1) is 0 Å². The lowest BCUT2D eigenvalue weighted by molar-refractivity contribution is -0.116. The average Bonchev–Trinajstić information content (AvgIpc) is 3.12. The van der Waals surface area contributed by atoms with Crippen LogP contribution < -0.4 is 5.32 Å². The molecular weight excluding hydrogens is 354 g/mol. The fourth-order valence-electron chi connectivity index (χ4n) is 2.61. The first-order chi connectivity index (χ1) is 12.7. The summed E-state index contributed by atoms with van der Waals surface area (Å²) < 4.78 is 7.18. The monoisotopic (exact) mass is 389 g/mol. The van der Waals surface area contributed by atoms with Gasteiger partial charge in [0, 0.05) is 29.7 Å². The molecule has 0 unspecified atom stereocenters. The van der Waals surface area contributed by atoms with E-state index in [1.165, 1.54) is 0 Å². The van der Waals surface area contributed by atoms with E-state index < -0.39 is 0 Å². The molecule has 2 rings (SSSR count). The highest BCUT2D eigenvalue weighted by Gasteiger charge is 2.26. The summed E-state index contributed by atoms with van der Waals surface area (Å²) in [5.74, 6) is 1.96. The van der Waals surface area contributed by atoms with Crippen LogP contribution in [0.15, 0.2) is 10.6 Å². The zero-order chi connectivity index (χ0) is 21.3. The van der Waals surface area contributed by atoms with Gasteiger partial charge in [0.25, 0.3) is 0 Å². The quantitative estimate of drug-likeness (QED) is 0.809. The molecule has 0 aliphatic heterocycles. The third-order valence-corrected chi connectivity index (χ3v) is 4.31. The van der Waals surface area contributed by atoms with Crippen molar-refractivity contribution in [2.45, 2.75) is 97.9 Å². The van der Waals surface area contributed by atoms with Gasteiger partial charge in [0.15, 0.2) is 5.82 Å². The van der Waals surface area contributed by atoms with Crippen molar-refractivity contribution in [1.82, 2.24) is 19.9 Å². The average molecular weight is 390 g/mol. The lowest BCUT2D eigenvalue weighted by Crippen LogP contribution is -2.27. The Bertz CT molecular complexity index is 813. The highest BCUT2D eigenvalue weighted by Crippen LogP contribution is 2.28. The van der Waals surface area contributed by atoms with E-state index in [1.807, 2.05) is 31.5 Å². The van der Waals surface area contributed by atoms with Crippen molar-refractivity contribution >= 4 is 11.7 Å². The molecule has 1 amide bonds. The van der Waals surface area contributed by atoms with Crippen molar-refractivity contribution in [2.24, 2.45) is 0 Å². The van der Waals surface area contributed by atoms with Crippen LogP contribution in [-0.4, -0.2) is 25.8 Å². The van der Waals surface area contributed by atoms with E-state index in [-0.39, 0.29) is 22.3 Å². The summed E-state index contributed by atoms with van der Waals surface area (Å²) in [5.41, 5.74) is 0.506. The Morgan fingerprint density at radius 2 is 1.71 bits per heavy atom. The number of hydrogen-bond acceptors (Lipinski definition) is 5. The Morgan fingerprint density at radius 1 is 1.07 bits per heavy atom. The summed E-state index contributed by atoms with van der Waals surface area (Å²) in [5, 5.41) is 11.8. The predicted molar refractivity (Wildman–Crippen MR) is 110 cm³/mol. The summed E-state index contributed by atoms with van der Waals surface area (Å²) in [6.07, 6.45) is 1.61. The molecule has 0 atom stereocenters. The largest absolute Gasteiger partial charge is 0.339 e. The summed E-state index contributed by atoms with van der Waals surface area (Å²) in [7, 11) is 0. The molecule has 1 N–H and O–H groups in total. The number of hydrogen-bond donors (Lipinski definition) is 1. The van der Waals surface area contributed by atoms with Crippen molar-refractivity contribution in [2.75, 3.05) is 5.32 Å². The number of rotatable bonds is 5. The van der Waals surface area contributed by atoms with E-state index >= 15 is 0 Å². The van der Waals surface area contributed by atoms with Crippen molar-refractivity contribution < 1.29 is 9.32 Å². The number of amides is 1. The topological polar surface area (TPSA) is 85.8 Å². The van der Waals surface area contributed by atoms with E-state index in [2.05, 4.69) is 57.0 Å². The number of carbonyl (C=O) groups excluding carboxylic acids is 1. The minimum atomic E-state index is -0.223. The molecule has 156 valence electrons. The molecule has 0 aliphatic carbocycles. The highest BCUT2D eigenvalue weighted by molar-refractivity contribution is 5.90. The van der Waals surface area contributed by atoms with E-state index in [0.29, 0.717) is 31.0 Å². The molecule has 0 spiro atoms. The Morgan fingerprint density at radius 3 is 2.21 bits per heavy atom. The number of anilines is 1. The van der Waals surface area contributed by atoms with Crippen LogP contribution in [0.1, 0.15) is 92.6 Å². The van der Waals surface area contributed by atoms with Crippen molar-refractivity contribution in [1.29, 1.82) is 0 Å². The van der Waals surface area contributed by atoms with Crippen LogP contribution in [0.2, 0.25) is 0 Å². The van der Waals surface area contributed by atoms with Crippen LogP contribution in [0.4, 0.5) is 5.82 Å². The molecule has 0 fully saturated rings. The van der Waals surface area contributed by atoms with Gasteiger partial charge in [-0.2, -0.15) is 10.1 Å². The lowest BCUT2D eigenvalue weighted by atomic mass is 9.92. The number of aryl methyl sites for hydroxylation is 1. The Hall–Kier alpha value is -2.18. The molecular formula is C21H35N5O2. The molecule has 7 nitrogen and oxygen atoms in total. The second kappa shape index (κ2) is 7.68. The molecule has 0 aromatic carbocycles. The standard InChI is InChI=1S/C21H35N5O2/c1-19(2,3)14-13-15(26(24-14)21(7,8)9)22-16(27)11-10-12-17-23-18(25-28-17)20(4,5)6/h13H,10-12H2,1-9H3,(H,22,27). The Labute approximate surface area is 168 Å². The first-order valence-corrected chi connectivity index (χ1v) is 9.92. The molecule has 0 saturated heterocycles. The molecule has 0 bridgehead atoms. The van der Waals surface area contributed by atoms with E-state index in [4.69, 9.17) is 9.62 Å². The van der Waals surface area contributed by atoms with Crippen LogP contribution in [0.5, 0.6) is 0 Å². The van der Waals surface area contributed by atoms with Crippen molar-refractivity contribution in [3.63, 3.8) is 0 Å². The van der Waals surface area contributed by atoms with Gasteiger partial charge in [-0.3, -0.25) is 4.79 Å². The summed E-state index contributed by atoms with van der Waals surface area (Å²) >= 11 is 0. The first-order valence-electron chi connectivity index (χ1n) is 9.92. The summed E-state index contributed by atoms with van der Waals surface area (Å²) in [4.78, 5) is 16.9. The van der Waals surface area contributed by atoms with Gasteiger partial charge in [-0.25, -0.2) is 4.68 Å². The van der Waals surface area contributed by atoms with Crippen molar-refractivity contribution in [3.05, 3.63) is 23.5 Å². The molecule has 28 heavy (non-hydrogen) atoms. The van der Waals surface area contributed by atoms with Gasteiger partial charge in [-0.05, 0) is 27.2 Å². The summed E-state index contributed by atoms with van der Waals surface area (Å²) in [6, 6.07) is 1.97. The number of carbonyl (C=O) groups is 1. The van der Waals surface area contributed by atoms with Crippen molar-refractivity contribution in [3.8, 4) is 0 Å². The molecule has 0 saturated carbocycles. The van der Waals surface area contributed by atoms with Crippen LogP contribution >= 0.6 is 0 Å². The minimum absolute atomic E-state index is 0.0404. The van der Waals surface area contributed by atoms with Gasteiger partial charge in [-0.15, -0.1) is 0 Å². The third-order valence-electron chi connectivity index (χ3n) is 4.31. The maximum absolute atomic E-state index is 12.5. The Kier molecular flexibility index (Phi) is 6.07. The fourth-order valence-corrected chi connectivity index (χ4v) is 2.61. The molecule has 2 aromatic heterocycles. The van der Waals surface area contributed by atoms with E-state index in [0.717, 1.165) is 11.5 Å². The molecule has 0 radical (unpaired) electrons. The zero-order valence-electron chi connectivity index (χ0n) is 18.8. The van der Waals surface area contributed by atoms with Gasteiger partial charge in [0.2, 0.25) is 11.8 Å². The van der Waals surface area contributed by atoms with E-state index in [9.17, 15) is 4.79 Å². The van der Waals surface area contributed by atoms with Crippen LogP contribution in [0.3, 0.4) is 0 Å². The van der Waals surface area contributed by atoms with Gasteiger partial charge >= 0.3 is 0 Å². The normalized spacial score (nSPS) is 13.0. The number of nitrogens with one attached hydrogen (secondary N) is 1. The fraction of sp³-hybridized carbons (Fsp3) is 0.714. The van der Waals surface area contributed by atoms with Gasteiger partial charge in [-0.1, -0.05) is 46.7 Å². The lowest BCUT2D eigenvalue weighted by Gasteiger charge is -2.23. The smallest absolute Gasteiger partial charge is 0.226 e. The molecule has 2 heterocycles. The number of nitrogens with zero attached hydrogens (tertiary/aromatic N) is 4. The minimum Gasteiger partial charge on any atom is -0.339 e. The van der Waals surface area contributed by atoms with Gasteiger partial charge in [0.1, 0.15) is 5.82 Å². The van der Waals surface area contributed by atoms with Crippen LogP contribution in [0.25, 0.3) is 0 Å². The molecule has 0 aliphatic rings. The van der Waals surface area contributed by atoms with Crippen LogP contribution in [-0.2, 0) is 27.6 Å². The third kappa shape index (κ3) is 5.66. The second-order valence-electron chi connectivity index (χ2n) is 10.4. The van der Waals surface area contributed by atoms with E-state index in [1.54, 1.807) is 0 Å². The maximum Gasteiger partial charge on any atom is 0.226 e.